The van der Waals surface area contributed by atoms with Gasteiger partial charge in [0.05, 0.1) is 31.2 Å². The van der Waals surface area contributed by atoms with E-state index in [2.05, 4.69) is 5.32 Å². The van der Waals surface area contributed by atoms with Crippen LogP contribution >= 0.6 is 23.2 Å². The van der Waals surface area contributed by atoms with Gasteiger partial charge in [-0.2, -0.15) is 0 Å². The number of nitrogens with zero attached hydrogens (tertiary/aromatic N) is 1. The van der Waals surface area contributed by atoms with Crippen LogP contribution in [0.3, 0.4) is 0 Å². The van der Waals surface area contributed by atoms with Gasteiger partial charge in [-0.25, -0.2) is 8.42 Å². The highest BCUT2D eigenvalue weighted by Crippen LogP contribution is 2.39. The molecular formula is C21H26Cl2N2O5S. The summed E-state index contributed by atoms with van der Waals surface area (Å²) in [6, 6.07) is 10.4. The fourth-order valence-corrected chi connectivity index (χ4v) is 4.29. The molecule has 0 bridgehead atoms. The van der Waals surface area contributed by atoms with E-state index in [0.29, 0.717) is 46.6 Å². The molecular weight excluding hydrogens is 463 g/mol. The second kappa shape index (κ2) is 11.5. The maximum atomic E-state index is 12.4. The van der Waals surface area contributed by atoms with Crippen LogP contribution in [0.25, 0.3) is 0 Å². The van der Waals surface area contributed by atoms with Crippen molar-refractivity contribution in [2.75, 3.05) is 37.9 Å². The number of nitrogens with one attached hydrogen (secondary N) is 1. The van der Waals surface area contributed by atoms with Crippen molar-refractivity contribution in [3.05, 3.63) is 52.0 Å². The Kier molecular flexibility index (Phi) is 9.28. The first-order chi connectivity index (χ1) is 14.7. The van der Waals surface area contributed by atoms with E-state index in [-0.39, 0.29) is 18.9 Å². The lowest BCUT2D eigenvalue weighted by Gasteiger charge is -2.25. The average molecular weight is 489 g/mol. The normalized spacial score (nSPS) is 11.1. The molecule has 0 heterocycles. The Bertz CT molecular complexity index is 998. The van der Waals surface area contributed by atoms with Crippen molar-refractivity contribution >= 4 is 44.8 Å². The summed E-state index contributed by atoms with van der Waals surface area (Å²) in [6.07, 6.45) is 2.29. The minimum absolute atomic E-state index is 0.102. The summed E-state index contributed by atoms with van der Waals surface area (Å²) in [4.78, 5) is 12.2. The van der Waals surface area contributed by atoms with Crippen molar-refractivity contribution in [2.45, 2.75) is 19.3 Å². The molecule has 0 saturated carbocycles. The number of benzene rings is 2. The molecule has 0 fully saturated rings. The van der Waals surface area contributed by atoms with Crippen molar-refractivity contribution in [3.8, 4) is 11.5 Å². The number of amides is 1. The molecule has 0 aliphatic rings. The second-order valence-corrected chi connectivity index (χ2v) is 9.57. The second-order valence-electron chi connectivity index (χ2n) is 6.82. The van der Waals surface area contributed by atoms with E-state index in [4.69, 9.17) is 32.7 Å². The van der Waals surface area contributed by atoms with E-state index < -0.39 is 10.0 Å². The molecule has 0 unspecified atom stereocenters. The summed E-state index contributed by atoms with van der Waals surface area (Å²) in [5, 5.41) is 3.81. The summed E-state index contributed by atoms with van der Waals surface area (Å²) in [6.45, 7) is 0.586. The molecule has 7 nitrogen and oxygen atoms in total. The molecule has 170 valence electrons. The van der Waals surface area contributed by atoms with Gasteiger partial charge in [-0.1, -0.05) is 35.3 Å². The smallest absolute Gasteiger partial charge is 0.232 e. The Morgan fingerprint density at radius 2 is 1.71 bits per heavy atom. The molecule has 1 amide bonds. The Labute approximate surface area is 193 Å². The number of hydrogen-bond acceptors (Lipinski definition) is 5. The van der Waals surface area contributed by atoms with Gasteiger partial charge in [0.2, 0.25) is 15.9 Å². The molecule has 2 aromatic rings. The maximum absolute atomic E-state index is 12.4. The Balaban J connectivity index is 1.97. The van der Waals surface area contributed by atoms with Gasteiger partial charge in [0, 0.05) is 36.7 Å². The van der Waals surface area contributed by atoms with Crippen molar-refractivity contribution in [1.82, 2.24) is 5.32 Å². The molecule has 0 saturated heterocycles. The average Bonchev–Trinajstić information content (AvgIpc) is 2.72. The molecule has 0 radical (unpaired) electrons. The summed E-state index contributed by atoms with van der Waals surface area (Å²) >= 11 is 12.0. The van der Waals surface area contributed by atoms with Crippen molar-refractivity contribution < 1.29 is 22.7 Å². The number of carbonyl (C=O) groups excluding carboxylic acids is 1. The van der Waals surface area contributed by atoms with Crippen molar-refractivity contribution in [1.29, 1.82) is 0 Å². The number of methoxy groups -OCH3 is 2. The summed E-state index contributed by atoms with van der Waals surface area (Å²) < 4.78 is 36.5. The third kappa shape index (κ3) is 7.48. The monoisotopic (exact) mass is 488 g/mol. The van der Waals surface area contributed by atoms with Crippen LogP contribution in [0.5, 0.6) is 11.5 Å². The fourth-order valence-electron chi connectivity index (χ4n) is 2.97. The van der Waals surface area contributed by atoms with Gasteiger partial charge in [0.25, 0.3) is 0 Å². The summed E-state index contributed by atoms with van der Waals surface area (Å²) in [7, 11) is -0.763. The zero-order chi connectivity index (χ0) is 23.0. The summed E-state index contributed by atoms with van der Waals surface area (Å²) in [5.74, 6) is 0.470. The highest BCUT2D eigenvalue weighted by molar-refractivity contribution is 7.92. The lowest BCUT2D eigenvalue weighted by molar-refractivity contribution is -0.121. The number of carbonyl (C=O) groups is 1. The summed E-state index contributed by atoms with van der Waals surface area (Å²) in [5.41, 5.74) is 1.37. The van der Waals surface area contributed by atoms with E-state index in [1.807, 2.05) is 12.1 Å². The van der Waals surface area contributed by atoms with Crippen LogP contribution in [0.4, 0.5) is 5.69 Å². The zero-order valence-corrected chi connectivity index (χ0v) is 20.0. The molecule has 10 heteroatoms. The van der Waals surface area contributed by atoms with Gasteiger partial charge in [-0.3, -0.25) is 9.10 Å². The van der Waals surface area contributed by atoms with E-state index in [0.717, 1.165) is 11.8 Å². The molecule has 0 spiro atoms. The largest absolute Gasteiger partial charge is 0.495 e. The predicted octanol–water partition coefficient (Wildman–Crippen LogP) is 3.92. The van der Waals surface area contributed by atoms with Gasteiger partial charge in [0.1, 0.15) is 11.5 Å². The molecule has 0 atom stereocenters. The van der Waals surface area contributed by atoms with E-state index >= 15 is 0 Å². The quantitative estimate of drug-likeness (QED) is 0.518. The number of halogens is 2. The minimum atomic E-state index is -3.63. The number of sulfonamides is 1. The van der Waals surface area contributed by atoms with E-state index in [1.54, 1.807) is 12.1 Å². The molecule has 2 aromatic carbocycles. The van der Waals surface area contributed by atoms with Crippen LogP contribution in [0.1, 0.15) is 18.4 Å². The lowest BCUT2D eigenvalue weighted by Crippen LogP contribution is -2.32. The molecule has 31 heavy (non-hydrogen) atoms. The van der Waals surface area contributed by atoms with Gasteiger partial charge in [-0.15, -0.1) is 0 Å². The highest BCUT2D eigenvalue weighted by atomic mass is 35.5. The van der Waals surface area contributed by atoms with Crippen LogP contribution in [0.15, 0.2) is 36.4 Å². The van der Waals surface area contributed by atoms with Gasteiger partial charge in [-0.05, 0) is 30.5 Å². The zero-order valence-electron chi connectivity index (χ0n) is 17.7. The number of anilines is 1. The molecule has 0 aliphatic heterocycles. The van der Waals surface area contributed by atoms with Crippen LogP contribution in [0.2, 0.25) is 10.0 Å². The highest BCUT2D eigenvalue weighted by Gasteiger charge is 2.23. The lowest BCUT2D eigenvalue weighted by atomic mass is 10.1. The number of rotatable bonds is 11. The molecule has 1 N–H and O–H groups in total. The van der Waals surface area contributed by atoms with Gasteiger partial charge >= 0.3 is 0 Å². The molecule has 0 aromatic heterocycles. The van der Waals surface area contributed by atoms with Crippen molar-refractivity contribution in [2.24, 2.45) is 0 Å². The number of ether oxygens (including phenoxy) is 2. The Morgan fingerprint density at radius 3 is 2.29 bits per heavy atom. The number of hydrogen-bond donors (Lipinski definition) is 1. The van der Waals surface area contributed by atoms with Crippen LogP contribution in [-0.4, -0.2) is 47.9 Å². The Morgan fingerprint density at radius 1 is 1.06 bits per heavy atom. The first-order valence-corrected chi connectivity index (χ1v) is 12.2. The fraction of sp³-hybridized carbons (Fsp3) is 0.381. The third-order valence-corrected chi connectivity index (χ3v) is 6.26. The SMILES string of the molecule is COc1cc(N(CCCC(=O)NCCc2ccc(Cl)cc2)S(C)(=O)=O)c(OC)cc1Cl. The predicted molar refractivity (Wildman–Crippen MR) is 124 cm³/mol. The third-order valence-electron chi connectivity index (χ3n) is 4.54. The maximum Gasteiger partial charge on any atom is 0.232 e. The van der Waals surface area contributed by atoms with Crippen molar-refractivity contribution in [3.63, 3.8) is 0 Å². The van der Waals surface area contributed by atoms with Crippen LogP contribution in [-0.2, 0) is 21.2 Å². The topological polar surface area (TPSA) is 84.9 Å². The standard InChI is InChI=1S/C21H26Cl2N2O5S/c1-29-19-14-18(20(30-2)13-17(19)23)25(31(3,27)28)12-4-5-21(26)24-11-10-15-6-8-16(22)9-7-15/h6-9,13-14H,4-5,10-12H2,1-3H3,(H,24,26). The van der Waals surface area contributed by atoms with Crippen LogP contribution < -0.4 is 19.1 Å². The minimum Gasteiger partial charge on any atom is -0.495 e. The molecule has 0 aliphatic carbocycles. The first kappa shape index (κ1) is 25.1. The van der Waals surface area contributed by atoms with Gasteiger partial charge < -0.3 is 14.8 Å². The van der Waals surface area contributed by atoms with Crippen LogP contribution in [0, 0.1) is 0 Å². The van der Waals surface area contributed by atoms with E-state index in [1.165, 1.54) is 30.7 Å². The molecule has 2 rings (SSSR count). The first-order valence-electron chi connectivity index (χ1n) is 9.56. The van der Waals surface area contributed by atoms with Gasteiger partial charge in [0.15, 0.2) is 0 Å². The van der Waals surface area contributed by atoms with E-state index in [9.17, 15) is 13.2 Å². The Hall–Kier alpha value is -2.16.